The van der Waals surface area contributed by atoms with Crippen LogP contribution in [-0.4, -0.2) is 43.3 Å². The molecule has 0 bridgehead atoms. The molecule has 1 aromatic rings. The Morgan fingerprint density at radius 2 is 2.14 bits per heavy atom. The molecule has 0 aliphatic carbocycles. The van der Waals surface area contributed by atoms with Crippen molar-refractivity contribution in [2.45, 2.75) is 13.0 Å². The number of hydrogen-bond acceptors (Lipinski definition) is 5. The number of nitrogens with one attached hydrogen (secondary N) is 2. The fourth-order valence-corrected chi connectivity index (χ4v) is 1.94. The van der Waals surface area contributed by atoms with Gasteiger partial charge in [-0.25, -0.2) is 4.79 Å². The standard InChI is InChI=1S/C13H18ClN3O4/c1-7(12(18)16-3-4-21-2)17-11-9(13(19)20)5-8(15)6-10(11)14/h5-7,17H,3-4,15H2,1-2H3,(H,16,18)(H,19,20). The van der Waals surface area contributed by atoms with Crippen LogP contribution >= 0.6 is 11.6 Å². The van der Waals surface area contributed by atoms with Crippen LogP contribution < -0.4 is 16.4 Å². The Kier molecular flexibility index (Phi) is 6.26. The number of ether oxygens (including phenoxy) is 1. The fraction of sp³-hybridized carbons (Fsp3) is 0.385. The van der Waals surface area contributed by atoms with Crippen molar-refractivity contribution < 1.29 is 19.4 Å². The highest BCUT2D eigenvalue weighted by Gasteiger charge is 2.19. The van der Waals surface area contributed by atoms with Gasteiger partial charge in [0.15, 0.2) is 0 Å². The number of carbonyl (C=O) groups is 2. The third-order valence-electron chi connectivity index (χ3n) is 2.70. The zero-order valence-corrected chi connectivity index (χ0v) is 12.5. The molecule has 0 saturated carbocycles. The summed E-state index contributed by atoms with van der Waals surface area (Å²) in [5.74, 6) is -1.48. The van der Waals surface area contributed by atoms with Crippen molar-refractivity contribution in [1.82, 2.24) is 5.32 Å². The Hall–Kier alpha value is -1.99. The van der Waals surface area contributed by atoms with Crippen molar-refractivity contribution in [2.24, 2.45) is 0 Å². The van der Waals surface area contributed by atoms with Gasteiger partial charge in [-0.1, -0.05) is 11.6 Å². The lowest BCUT2D eigenvalue weighted by molar-refractivity contribution is -0.121. The second-order valence-corrected chi connectivity index (χ2v) is 4.79. The molecule has 0 spiro atoms. The van der Waals surface area contributed by atoms with Crippen LogP contribution in [0, 0.1) is 0 Å². The maximum Gasteiger partial charge on any atom is 0.337 e. The molecule has 0 aromatic heterocycles. The number of anilines is 2. The number of carboxylic acid groups (broad SMARTS) is 1. The van der Waals surface area contributed by atoms with E-state index in [0.29, 0.717) is 13.2 Å². The van der Waals surface area contributed by atoms with Crippen molar-refractivity contribution in [2.75, 3.05) is 31.3 Å². The van der Waals surface area contributed by atoms with Crippen molar-refractivity contribution in [3.05, 3.63) is 22.7 Å². The summed E-state index contributed by atoms with van der Waals surface area (Å²) in [6, 6.07) is 2.04. The molecule has 5 N–H and O–H groups in total. The fourth-order valence-electron chi connectivity index (χ4n) is 1.65. The predicted molar refractivity (Wildman–Crippen MR) is 80.8 cm³/mol. The molecule has 8 heteroatoms. The molecule has 1 aromatic carbocycles. The van der Waals surface area contributed by atoms with Crippen molar-refractivity contribution in [3.8, 4) is 0 Å². The van der Waals surface area contributed by atoms with Crippen LogP contribution in [0.15, 0.2) is 12.1 Å². The largest absolute Gasteiger partial charge is 0.478 e. The van der Waals surface area contributed by atoms with E-state index in [4.69, 9.17) is 27.2 Å². The number of nitrogens with two attached hydrogens (primary N) is 1. The molecule has 0 aliphatic rings. The van der Waals surface area contributed by atoms with Gasteiger partial charge in [-0.05, 0) is 19.1 Å². The maximum absolute atomic E-state index is 11.8. The van der Waals surface area contributed by atoms with Crippen LogP contribution in [0.25, 0.3) is 0 Å². The number of nitrogen functional groups attached to an aromatic ring is 1. The first-order chi connectivity index (χ1) is 9.86. The zero-order chi connectivity index (χ0) is 16.0. The minimum Gasteiger partial charge on any atom is -0.478 e. The van der Waals surface area contributed by atoms with Gasteiger partial charge in [0.1, 0.15) is 6.04 Å². The molecule has 1 atom stereocenters. The Morgan fingerprint density at radius 3 is 2.71 bits per heavy atom. The summed E-state index contributed by atoms with van der Waals surface area (Å²) >= 11 is 6.00. The molecule has 1 amide bonds. The minimum atomic E-state index is -1.18. The molecule has 1 rings (SSSR count). The first-order valence-electron chi connectivity index (χ1n) is 6.22. The van der Waals surface area contributed by atoms with E-state index in [1.54, 1.807) is 6.92 Å². The highest BCUT2D eigenvalue weighted by Crippen LogP contribution is 2.29. The Balaban J connectivity index is 2.87. The van der Waals surface area contributed by atoms with Crippen molar-refractivity contribution >= 4 is 34.9 Å². The van der Waals surface area contributed by atoms with Crippen LogP contribution in [0.1, 0.15) is 17.3 Å². The monoisotopic (exact) mass is 315 g/mol. The summed E-state index contributed by atoms with van der Waals surface area (Å²) in [5.41, 5.74) is 5.88. The van der Waals surface area contributed by atoms with E-state index in [-0.39, 0.29) is 27.9 Å². The number of carbonyl (C=O) groups excluding carboxylic acids is 1. The lowest BCUT2D eigenvalue weighted by Crippen LogP contribution is -2.39. The van der Waals surface area contributed by atoms with E-state index in [1.807, 2.05) is 0 Å². The van der Waals surface area contributed by atoms with E-state index < -0.39 is 12.0 Å². The zero-order valence-electron chi connectivity index (χ0n) is 11.8. The summed E-state index contributed by atoms with van der Waals surface area (Å²) in [5, 5.41) is 14.7. The van der Waals surface area contributed by atoms with Gasteiger partial charge in [-0.3, -0.25) is 4.79 Å². The van der Waals surface area contributed by atoms with Crippen molar-refractivity contribution in [1.29, 1.82) is 0 Å². The van der Waals surface area contributed by atoms with Gasteiger partial charge in [0, 0.05) is 19.3 Å². The number of halogens is 1. The first-order valence-corrected chi connectivity index (χ1v) is 6.60. The molecule has 21 heavy (non-hydrogen) atoms. The summed E-state index contributed by atoms with van der Waals surface area (Å²) in [6.45, 7) is 2.35. The predicted octanol–water partition coefficient (Wildman–Crippen LogP) is 1.18. The number of hydrogen-bond donors (Lipinski definition) is 4. The minimum absolute atomic E-state index is 0.0865. The van der Waals surface area contributed by atoms with Crippen LogP contribution in [0.4, 0.5) is 11.4 Å². The molecule has 0 heterocycles. The Morgan fingerprint density at radius 1 is 1.48 bits per heavy atom. The quantitative estimate of drug-likeness (QED) is 0.444. The van der Waals surface area contributed by atoms with E-state index in [0.717, 1.165) is 0 Å². The van der Waals surface area contributed by atoms with Gasteiger partial charge in [-0.2, -0.15) is 0 Å². The van der Waals surface area contributed by atoms with Gasteiger partial charge in [0.25, 0.3) is 0 Å². The molecule has 116 valence electrons. The molecule has 0 fully saturated rings. The molecule has 0 saturated heterocycles. The van der Waals surface area contributed by atoms with E-state index >= 15 is 0 Å². The summed E-state index contributed by atoms with van der Waals surface area (Å²) in [7, 11) is 1.53. The van der Waals surface area contributed by atoms with Crippen molar-refractivity contribution in [3.63, 3.8) is 0 Å². The third kappa shape index (κ3) is 4.80. The number of aromatic carboxylic acids is 1. The maximum atomic E-state index is 11.8. The average molecular weight is 316 g/mol. The highest BCUT2D eigenvalue weighted by molar-refractivity contribution is 6.34. The molecule has 7 nitrogen and oxygen atoms in total. The average Bonchev–Trinajstić information content (AvgIpc) is 2.41. The third-order valence-corrected chi connectivity index (χ3v) is 3.00. The molecule has 0 radical (unpaired) electrons. The number of methoxy groups -OCH3 is 1. The van der Waals surface area contributed by atoms with Crippen LogP contribution in [0.3, 0.4) is 0 Å². The normalized spacial score (nSPS) is 11.8. The lowest BCUT2D eigenvalue weighted by atomic mass is 10.1. The summed E-state index contributed by atoms with van der Waals surface area (Å²) < 4.78 is 4.83. The van der Waals surface area contributed by atoms with Gasteiger partial charge in [-0.15, -0.1) is 0 Å². The van der Waals surface area contributed by atoms with Gasteiger partial charge in [0.05, 0.1) is 22.9 Å². The molecular formula is C13H18ClN3O4. The highest BCUT2D eigenvalue weighted by atomic mass is 35.5. The number of rotatable bonds is 7. The first kappa shape index (κ1) is 17.1. The van der Waals surface area contributed by atoms with Gasteiger partial charge < -0.3 is 26.2 Å². The molecular weight excluding hydrogens is 298 g/mol. The second kappa shape index (κ2) is 7.70. The van der Waals surface area contributed by atoms with Crippen LogP contribution in [-0.2, 0) is 9.53 Å². The lowest BCUT2D eigenvalue weighted by Gasteiger charge is -2.18. The summed E-state index contributed by atoms with van der Waals surface area (Å²) in [4.78, 5) is 23.1. The van der Waals surface area contributed by atoms with Gasteiger partial charge >= 0.3 is 5.97 Å². The van der Waals surface area contributed by atoms with E-state index in [1.165, 1.54) is 19.2 Å². The van der Waals surface area contributed by atoms with E-state index in [2.05, 4.69) is 10.6 Å². The number of benzene rings is 1. The van der Waals surface area contributed by atoms with Gasteiger partial charge in [0.2, 0.25) is 5.91 Å². The smallest absolute Gasteiger partial charge is 0.337 e. The Bertz CT molecular complexity index is 536. The number of carboxylic acids is 1. The SMILES string of the molecule is COCCNC(=O)C(C)Nc1c(Cl)cc(N)cc1C(=O)O. The molecule has 0 aliphatic heterocycles. The Labute approximate surface area is 127 Å². The van der Waals surface area contributed by atoms with Crippen LogP contribution in [0.5, 0.6) is 0 Å². The molecule has 1 unspecified atom stereocenters. The topological polar surface area (TPSA) is 114 Å². The van der Waals surface area contributed by atoms with E-state index in [9.17, 15) is 9.59 Å². The summed E-state index contributed by atoms with van der Waals surface area (Å²) in [6.07, 6.45) is 0. The second-order valence-electron chi connectivity index (χ2n) is 4.38. The number of amides is 1. The van der Waals surface area contributed by atoms with Crippen LogP contribution in [0.2, 0.25) is 5.02 Å².